The van der Waals surface area contributed by atoms with Gasteiger partial charge in [-0.15, -0.1) is 0 Å². The van der Waals surface area contributed by atoms with E-state index in [1.807, 2.05) is 0 Å². The van der Waals surface area contributed by atoms with E-state index < -0.39 is 51.8 Å². The van der Waals surface area contributed by atoms with Gasteiger partial charge in [-0.2, -0.15) is 0 Å². The average molecular weight is 847 g/mol. The van der Waals surface area contributed by atoms with Gasteiger partial charge in [0.15, 0.2) is 6.10 Å². The minimum Gasteiger partial charge on any atom is -0.462 e. The molecular formula is C47H91O10P. The van der Waals surface area contributed by atoms with Crippen LogP contribution in [-0.4, -0.2) is 65.7 Å². The molecule has 10 nitrogen and oxygen atoms in total. The number of hydrogen-bond donors (Lipinski definition) is 3. The highest BCUT2D eigenvalue weighted by Crippen LogP contribution is 2.43. The van der Waals surface area contributed by atoms with Crippen LogP contribution in [0, 0.1) is 0 Å². The van der Waals surface area contributed by atoms with Crippen molar-refractivity contribution in [2.24, 2.45) is 0 Å². The van der Waals surface area contributed by atoms with Crippen molar-refractivity contribution >= 4 is 19.8 Å². The van der Waals surface area contributed by atoms with Gasteiger partial charge in [0, 0.05) is 12.8 Å². The highest BCUT2D eigenvalue weighted by Gasteiger charge is 2.27. The number of allylic oxidation sites excluding steroid dienone is 2. The molecule has 0 aliphatic heterocycles. The van der Waals surface area contributed by atoms with Crippen molar-refractivity contribution in [2.45, 2.75) is 251 Å². The van der Waals surface area contributed by atoms with Crippen molar-refractivity contribution in [2.75, 3.05) is 26.4 Å². The minimum atomic E-state index is -4.62. The Kier molecular flexibility index (Phi) is 42.8. The fourth-order valence-electron chi connectivity index (χ4n) is 6.93. The van der Waals surface area contributed by atoms with Gasteiger partial charge in [0.1, 0.15) is 12.7 Å². The molecule has 0 radical (unpaired) electrons. The first-order valence-electron chi connectivity index (χ1n) is 24.1. The fourth-order valence-corrected chi connectivity index (χ4v) is 7.72. The van der Waals surface area contributed by atoms with Crippen molar-refractivity contribution in [1.29, 1.82) is 0 Å². The second-order valence-electron chi connectivity index (χ2n) is 16.5. The second-order valence-corrected chi connectivity index (χ2v) is 17.9. The minimum absolute atomic E-state index is 0.187. The lowest BCUT2D eigenvalue weighted by Gasteiger charge is -2.20. The van der Waals surface area contributed by atoms with Gasteiger partial charge < -0.3 is 24.6 Å². The number of unbranched alkanes of at least 4 members (excludes halogenated alkanes) is 30. The van der Waals surface area contributed by atoms with Crippen molar-refractivity contribution in [1.82, 2.24) is 0 Å². The van der Waals surface area contributed by atoms with Gasteiger partial charge >= 0.3 is 19.8 Å². The lowest BCUT2D eigenvalue weighted by atomic mass is 10.0. The number of hydrogen-bond acceptors (Lipinski definition) is 9. The first-order valence-corrected chi connectivity index (χ1v) is 25.6. The lowest BCUT2D eigenvalue weighted by molar-refractivity contribution is -0.161. The van der Waals surface area contributed by atoms with E-state index in [2.05, 4.69) is 26.0 Å². The molecule has 0 aliphatic carbocycles. The summed E-state index contributed by atoms with van der Waals surface area (Å²) >= 11 is 0. The summed E-state index contributed by atoms with van der Waals surface area (Å²) in [7, 11) is -4.62. The largest absolute Gasteiger partial charge is 0.472 e. The first kappa shape index (κ1) is 56.7. The summed E-state index contributed by atoms with van der Waals surface area (Å²) in [4.78, 5) is 35.1. The number of phosphoric ester groups is 1. The number of esters is 2. The highest BCUT2D eigenvalue weighted by molar-refractivity contribution is 7.47. The van der Waals surface area contributed by atoms with Crippen molar-refractivity contribution in [3.8, 4) is 0 Å². The van der Waals surface area contributed by atoms with Crippen molar-refractivity contribution < 1.29 is 47.8 Å². The number of rotatable bonds is 46. The Hall–Kier alpha value is -1.29. The van der Waals surface area contributed by atoms with Gasteiger partial charge in [-0.3, -0.25) is 18.6 Å². The van der Waals surface area contributed by atoms with Gasteiger partial charge in [-0.05, 0) is 38.5 Å². The number of ether oxygens (including phenoxy) is 2. The number of phosphoric acid groups is 1. The summed E-state index contributed by atoms with van der Waals surface area (Å²) < 4.78 is 32.8. The molecule has 3 atom stereocenters. The molecule has 3 N–H and O–H groups in total. The van der Waals surface area contributed by atoms with Crippen LogP contribution >= 0.6 is 7.82 Å². The molecule has 0 aromatic rings. The summed E-state index contributed by atoms with van der Waals surface area (Å²) in [6.07, 6.45) is 43.1. The lowest BCUT2D eigenvalue weighted by Crippen LogP contribution is -2.29. The van der Waals surface area contributed by atoms with Crippen LogP contribution in [0.3, 0.4) is 0 Å². The van der Waals surface area contributed by atoms with Crippen LogP contribution < -0.4 is 0 Å². The molecular weight excluding hydrogens is 755 g/mol. The van der Waals surface area contributed by atoms with E-state index in [9.17, 15) is 24.2 Å². The predicted molar refractivity (Wildman–Crippen MR) is 238 cm³/mol. The molecule has 0 spiro atoms. The summed E-state index contributed by atoms with van der Waals surface area (Å²) in [5.41, 5.74) is 0. The molecule has 0 aromatic heterocycles. The Bertz CT molecular complexity index is 977. The van der Waals surface area contributed by atoms with Gasteiger partial charge in [0.05, 0.1) is 19.8 Å². The molecule has 11 heteroatoms. The zero-order valence-electron chi connectivity index (χ0n) is 37.5. The number of carbonyl (C=O) groups excluding carboxylic acids is 2. The van der Waals surface area contributed by atoms with Gasteiger partial charge in [0.2, 0.25) is 0 Å². The molecule has 0 saturated heterocycles. The van der Waals surface area contributed by atoms with Crippen molar-refractivity contribution in [3.05, 3.63) is 12.2 Å². The van der Waals surface area contributed by atoms with Gasteiger partial charge in [-0.1, -0.05) is 199 Å². The van der Waals surface area contributed by atoms with E-state index in [4.69, 9.17) is 23.6 Å². The summed E-state index contributed by atoms with van der Waals surface area (Å²) in [5, 5.41) is 18.4. The smallest absolute Gasteiger partial charge is 0.462 e. The Morgan fingerprint density at radius 1 is 0.500 bits per heavy atom. The van der Waals surface area contributed by atoms with E-state index in [-0.39, 0.29) is 19.4 Å². The quantitative estimate of drug-likeness (QED) is 0.0234. The molecule has 58 heavy (non-hydrogen) atoms. The van der Waals surface area contributed by atoms with Crippen LogP contribution in [0.25, 0.3) is 0 Å². The Morgan fingerprint density at radius 2 is 0.845 bits per heavy atom. The molecule has 0 saturated carbocycles. The van der Waals surface area contributed by atoms with Gasteiger partial charge in [-0.25, -0.2) is 4.57 Å². The van der Waals surface area contributed by atoms with Crippen molar-refractivity contribution in [3.63, 3.8) is 0 Å². The number of carbonyl (C=O) groups is 2. The van der Waals surface area contributed by atoms with Gasteiger partial charge in [0.25, 0.3) is 0 Å². The van der Waals surface area contributed by atoms with E-state index in [0.717, 1.165) is 38.5 Å². The fraction of sp³-hybridized carbons (Fsp3) is 0.915. The summed E-state index contributed by atoms with van der Waals surface area (Å²) in [5.74, 6) is -0.913. The van der Waals surface area contributed by atoms with Crippen LogP contribution in [-0.2, 0) is 32.7 Å². The maximum Gasteiger partial charge on any atom is 0.472 e. The second kappa shape index (κ2) is 43.8. The zero-order valence-corrected chi connectivity index (χ0v) is 38.4. The SMILES string of the molecule is CCCCCCCC/C=C/CCCCCCCCCCCC(=O)O[C@H](COC(=O)CCCCCCCCCCCCCCCCCC)COP(=O)(O)OC[C@@H](O)CO. The summed E-state index contributed by atoms with van der Waals surface area (Å²) in [6, 6.07) is 0. The normalized spacial score (nSPS) is 13.8. The van der Waals surface area contributed by atoms with E-state index in [1.165, 1.54) is 161 Å². The predicted octanol–water partition coefficient (Wildman–Crippen LogP) is 13.2. The Balaban J connectivity index is 4.19. The molecule has 0 fully saturated rings. The molecule has 344 valence electrons. The van der Waals surface area contributed by atoms with Crippen LogP contribution in [0.4, 0.5) is 0 Å². The third kappa shape index (κ3) is 42.8. The van der Waals surface area contributed by atoms with Crippen LogP contribution in [0.15, 0.2) is 12.2 Å². The third-order valence-electron chi connectivity index (χ3n) is 10.7. The Morgan fingerprint density at radius 3 is 1.24 bits per heavy atom. The summed E-state index contributed by atoms with van der Waals surface area (Å²) in [6.45, 7) is 2.42. The molecule has 0 heterocycles. The standard InChI is InChI=1S/C47H91O10P/c1-3-5-7-9-11-13-15-17-19-21-22-23-25-27-29-31-33-35-37-39-47(51)57-45(43-56-58(52,53)55-41-44(49)40-48)42-54-46(50)38-36-34-32-30-28-26-24-20-18-16-14-12-10-8-6-4-2/h17,19,44-45,48-49H,3-16,18,20-43H2,1-2H3,(H,52,53)/b19-17+/t44-,45+/m0/s1. The molecule has 0 bridgehead atoms. The number of aliphatic hydroxyl groups is 2. The monoisotopic (exact) mass is 847 g/mol. The van der Waals surface area contributed by atoms with Crippen LogP contribution in [0.2, 0.25) is 0 Å². The van der Waals surface area contributed by atoms with Crippen LogP contribution in [0.5, 0.6) is 0 Å². The molecule has 0 aromatic carbocycles. The van der Waals surface area contributed by atoms with E-state index >= 15 is 0 Å². The molecule has 0 rings (SSSR count). The Labute approximate surface area is 356 Å². The first-order chi connectivity index (χ1) is 28.2. The van der Waals surface area contributed by atoms with E-state index in [1.54, 1.807) is 0 Å². The zero-order chi connectivity index (χ0) is 42.6. The highest BCUT2D eigenvalue weighted by atomic mass is 31.2. The van der Waals surface area contributed by atoms with Crippen LogP contribution in [0.1, 0.15) is 239 Å². The molecule has 0 aliphatic rings. The van der Waals surface area contributed by atoms with E-state index in [0.29, 0.717) is 12.8 Å². The maximum atomic E-state index is 12.6. The topological polar surface area (TPSA) is 149 Å². The average Bonchev–Trinajstić information content (AvgIpc) is 3.21. The third-order valence-corrected chi connectivity index (χ3v) is 11.6. The molecule has 0 amide bonds. The number of aliphatic hydroxyl groups excluding tert-OH is 2. The molecule has 1 unspecified atom stereocenters. The maximum absolute atomic E-state index is 12.6.